The predicted molar refractivity (Wildman–Crippen MR) is 108 cm³/mol. The molecule has 1 aromatic carbocycles. The fourth-order valence-electron chi connectivity index (χ4n) is 2.39. The summed E-state index contributed by atoms with van der Waals surface area (Å²) in [5.74, 6) is -3.18. The minimum absolute atomic E-state index is 0.0561. The molecule has 1 heterocycles. The van der Waals surface area contributed by atoms with Gasteiger partial charge in [-0.25, -0.2) is 4.39 Å². The Hall–Kier alpha value is -2.98. The number of halogens is 2. The largest absolute Gasteiger partial charge is 0.468 e. The van der Waals surface area contributed by atoms with Gasteiger partial charge in [-0.1, -0.05) is 11.6 Å². The lowest BCUT2D eigenvalue weighted by molar-refractivity contribution is -0.144. The number of rotatable bonds is 7. The van der Waals surface area contributed by atoms with Crippen LogP contribution in [0.3, 0.4) is 0 Å². The van der Waals surface area contributed by atoms with Gasteiger partial charge in [0.25, 0.3) is 11.8 Å². The SMILES string of the molecule is COC(=O)CN(CC(=O)OC)C(=O)c1sc(NC(=O)c2ccc(F)cc2Cl)cc1C. The Morgan fingerprint density at radius 2 is 1.70 bits per heavy atom. The average molecular weight is 457 g/mol. The van der Waals surface area contributed by atoms with Gasteiger partial charge in [0.15, 0.2) is 0 Å². The summed E-state index contributed by atoms with van der Waals surface area (Å²) in [5.41, 5.74) is 0.584. The zero-order valence-electron chi connectivity index (χ0n) is 16.3. The molecule has 1 aromatic heterocycles. The van der Waals surface area contributed by atoms with Crippen LogP contribution in [-0.4, -0.2) is 56.0 Å². The van der Waals surface area contributed by atoms with E-state index in [1.54, 1.807) is 13.0 Å². The fraction of sp³-hybridized carbons (Fsp3) is 0.263. The van der Waals surface area contributed by atoms with Gasteiger partial charge in [0.1, 0.15) is 18.9 Å². The van der Waals surface area contributed by atoms with Crippen molar-refractivity contribution >= 4 is 51.7 Å². The van der Waals surface area contributed by atoms with Gasteiger partial charge in [0.05, 0.1) is 34.7 Å². The molecule has 0 radical (unpaired) electrons. The maximum atomic E-state index is 13.2. The molecule has 0 atom stereocenters. The zero-order valence-corrected chi connectivity index (χ0v) is 17.9. The third-order valence-corrected chi connectivity index (χ3v) is 5.36. The number of benzene rings is 1. The molecule has 2 rings (SSSR count). The summed E-state index contributed by atoms with van der Waals surface area (Å²) in [6.07, 6.45) is 0. The maximum absolute atomic E-state index is 13.2. The van der Waals surface area contributed by atoms with Crippen molar-refractivity contribution < 1.29 is 33.0 Å². The summed E-state index contributed by atoms with van der Waals surface area (Å²) in [4.78, 5) is 49.7. The number of carbonyl (C=O) groups is 4. The molecule has 0 aliphatic rings. The fourth-order valence-corrected chi connectivity index (χ4v) is 3.68. The van der Waals surface area contributed by atoms with Gasteiger partial charge in [-0.2, -0.15) is 0 Å². The van der Waals surface area contributed by atoms with E-state index < -0.39 is 42.7 Å². The number of amides is 2. The van der Waals surface area contributed by atoms with Crippen LogP contribution in [0.15, 0.2) is 24.3 Å². The third-order valence-electron chi connectivity index (χ3n) is 3.91. The van der Waals surface area contributed by atoms with Crippen molar-refractivity contribution in [2.75, 3.05) is 32.6 Å². The first-order chi connectivity index (χ1) is 14.2. The highest BCUT2D eigenvalue weighted by atomic mass is 35.5. The van der Waals surface area contributed by atoms with Gasteiger partial charge in [0, 0.05) is 0 Å². The van der Waals surface area contributed by atoms with E-state index in [0.717, 1.165) is 42.6 Å². The van der Waals surface area contributed by atoms with Crippen LogP contribution in [0.25, 0.3) is 0 Å². The molecule has 11 heteroatoms. The highest BCUT2D eigenvalue weighted by Gasteiger charge is 2.26. The van der Waals surface area contributed by atoms with E-state index in [0.29, 0.717) is 10.6 Å². The highest BCUT2D eigenvalue weighted by molar-refractivity contribution is 7.18. The molecule has 0 spiro atoms. The molecular formula is C19H18ClFN2O6S. The molecule has 2 aromatic rings. The normalized spacial score (nSPS) is 10.3. The van der Waals surface area contributed by atoms with Crippen LogP contribution in [0.5, 0.6) is 0 Å². The number of carbonyl (C=O) groups excluding carboxylic acids is 4. The lowest BCUT2D eigenvalue weighted by Crippen LogP contribution is -2.40. The topological polar surface area (TPSA) is 102 Å². The number of thiophene rings is 1. The van der Waals surface area contributed by atoms with Gasteiger partial charge in [-0.05, 0) is 36.8 Å². The third kappa shape index (κ3) is 5.77. The van der Waals surface area contributed by atoms with E-state index in [4.69, 9.17) is 11.6 Å². The lowest BCUT2D eigenvalue weighted by Gasteiger charge is -2.19. The summed E-state index contributed by atoms with van der Waals surface area (Å²) >= 11 is 6.85. The molecule has 160 valence electrons. The van der Waals surface area contributed by atoms with Gasteiger partial charge in [0.2, 0.25) is 0 Å². The van der Waals surface area contributed by atoms with Gasteiger partial charge in [-0.15, -0.1) is 11.3 Å². The van der Waals surface area contributed by atoms with Gasteiger partial charge < -0.3 is 19.7 Å². The molecule has 0 aliphatic heterocycles. The van der Waals surface area contributed by atoms with Crippen molar-refractivity contribution in [3.05, 3.63) is 51.1 Å². The number of aryl methyl sites for hydroxylation is 1. The quantitative estimate of drug-likeness (QED) is 0.643. The average Bonchev–Trinajstić information content (AvgIpc) is 3.06. The number of anilines is 1. The smallest absolute Gasteiger partial charge is 0.325 e. The van der Waals surface area contributed by atoms with Gasteiger partial charge in [-0.3, -0.25) is 19.2 Å². The summed E-state index contributed by atoms with van der Waals surface area (Å²) in [5, 5.41) is 2.87. The van der Waals surface area contributed by atoms with E-state index in [1.807, 2.05) is 0 Å². The Balaban J connectivity index is 2.23. The number of esters is 2. The Labute approximate surface area is 180 Å². The van der Waals surface area contributed by atoms with Crippen LogP contribution in [0.4, 0.5) is 9.39 Å². The predicted octanol–water partition coefficient (Wildman–Crippen LogP) is 2.89. The standard InChI is InChI=1S/C19H18ClFN2O6S/c1-10-6-14(22-18(26)12-5-4-11(21)7-13(12)20)30-17(10)19(27)23(8-15(24)28-2)9-16(25)29-3/h4-7H,8-9H2,1-3H3,(H,22,26). The number of nitrogens with one attached hydrogen (secondary N) is 1. The van der Waals surface area contributed by atoms with Crippen LogP contribution < -0.4 is 5.32 Å². The highest BCUT2D eigenvalue weighted by Crippen LogP contribution is 2.29. The Morgan fingerprint density at radius 1 is 1.10 bits per heavy atom. The molecule has 8 nitrogen and oxygen atoms in total. The van der Waals surface area contributed by atoms with Crippen LogP contribution >= 0.6 is 22.9 Å². The zero-order chi connectivity index (χ0) is 22.4. The molecule has 0 saturated carbocycles. The first-order valence-electron chi connectivity index (χ1n) is 8.46. The molecule has 30 heavy (non-hydrogen) atoms. The summed E-state index contributed by atoms with van der Waals surface area (Å²) in [6.45, 7) is 0.738. The second-order valence-corrected chi connectivity index (χ2v) is 7.47. The minimum Gasteiger partial charge on any atom is -0.468 e. The van der Waals surface area contributed by atoms with E-state index >= 15 is 0 Å². The molecule has 0 unspecified atom stereocenters. The second kappa shape index (κ2) is 10.2. The number of nitrogens with zero attached hydrogens (tertiary/aromatic N) is 1. The lowest BCUT2D eigenvalue weighted by atomic mass is 10.2. The molecule has 0 fully saturated rings. The Morgan fingerprint density at radius 3 is 2.23 bits per heavy atom. The van der Waals surface area contributed by atoms with E-state index in [-0.39, 0.29) is 15.5 Å². The first-order valence-corrected chi connectivity index (χ1v) is 9.65. The van der Waals surface area contributed by atoms with Gasteiger partial charge >= 0.3 is 11.9 Å². The molecule has 2 amide bonds. The van der Waals surface area contributed by atoms with E-state index in [1.165, 1.54) is 6.07 Å². The van der Waals surface area contributed by atoms with Crippen LogP contribution in [-0.2, 0) is 19.1 Å². The molecule has 0 aliphatic carbocycles. The van der Waals surface area contributed by atoms with E-state index in [9.17, 15) is 23.6 Å². The first kappa shape index (κ1) is 23.3. The number of ether oxygens (including phenoxy) is 2. The van der Waals surface area contributed by atoms with E-state index in [2.05, 4.69) is 14.8 Å². The molecule has 1 N–H and O–H groups in total. The number of hydrogen-bond acceptors (Lipinski definition) is 7. The van der Waals surface area contributed by atoms with Crippen molar-refractivity contribution in [3.8, 4) is 0 Å². The minimum atomic E-state index is -0.707. The Bertz CT molecular complexity index is 975. The van der Waals surface area contributed by atoms with Crippen molar-refractivity contribution in [2.24, 2.45) is 0 Å². The van der Waals surface area contributed by atoms with Crippen molar-refractivity contribution in [1.82, 2.24) is 4.90 Å². The van der Waals surface area contributed by atoms with Crippen molar-refractivity contribution in [1.29, 1.82) is 0 Å². The van der Waals surface area contributed by atoms with Crippen molar-refractivity contribution in [3.63, 3.8) is 0 Å². The molecule has 0 saturated heterocycles. The van der Waals surface area contributed by atoms with Crippen molar-refractivity contribution in [2.45, 2.75) is 6.92 Å². The Kier molecular flexibility index (Phi) is 7.90. The molecule has 0 bridgehead atoms. The second-order valence-electron chi connectivity index (χ2n) is 6.01. The monoisotopic (exact) mass is 456 g/mol. The van der Waals surface area contributed by atoms with Crippen LogP contribution in [0.2, 0.25) is 5.02 Å². The number of methoxy groups -OCH3 is 2. The van der Waals surface area contributed by atoms with Crippen LogP contribution in [0, 0.1) is 12.7 Å². The summed E-state index contributed by atoms with van der Waals surface area (Å²) < 4.78 is 22.3. The maximum Gasteiger partial charge on any atom is 0.325 e. The van der Waals surface area contributed by atoms with Crippen LogP contribution in [0.1, 0.15) is 25.6 Å². The number of hydrogen-bond donors (Lipinski definition) is 1. The summed E-state index contributed by atoms with van der Waals surface area (Å²) in [7, 11) is 2.32. The summed E-state index contributed by atoms with van der Waals surface area (Å²) in [6, 6.07) is 4.92. The molecular weight excluding hydrogens is 439 g/mol.